The standard InChI is InChI=1S/C14H18N4O2/c1-3-20-9-8-15-14(19)13-10-18(17-16-13)12-6-4-11(2)5-7-12/h4-7,10H,3,8-9H2,1-2H3,(H,15,19). The van der Waals surface area contributed by atoms with Crippen LogP contribution in [0, 0.1) is 6.92 Å². The molecule has 2 aromatic rings. The highest BCUT2D eigenvalue weighted by molar-refractivity contribution is 5.91. The number of benzene rings is 1. The predicted molar refractivity (Wildman–Crippen MR) is 74.9 cm³/mol. The van der Waals surface area contributed by atoms with Gasteiger partial charge < -0.3 is 10.1 Å². The molecule has 6 heteroatoms. The minimum Gasteiger partial charge on any atom is -0.380 e. The van der Waals surface area contributed by atoms with Gasteiger partial charge in [0.05, 0.1) is 18.5 Å². The third kappa shape index (κ3) is 3.64. The molecule has 1 N–H and O–H groups in total. The highest BCUT2D eigenvalue weighted by Gasteiger charge is 2.10. The minimum atomic E-state index is -0.247. The van der Waals surface area contributed by atoms with Gasteiger partial charge in [-0.2, -0.15) is 0 Å². The Morgan fingerprint density at radius 3 is 2.80 bits per heavy atom. The van der Waals surface area contributed by atoms with Crippen molar-refractivity contribution in [3.8, 4) is 5.69 Å². The van der Waals surface area contributed by atoms with E-state index in [-0.39, 0.29) is 5.91 Å². The SMILES string of the molecule is CCOCCNC(=O)c1cn(-c2ccc(C)cc2)nn1. The predicted octanol–water partition coefficient (Wildman–Crippen LogP) is 1.34. The fraction of sp³-hybridized carbons (Fsp3) is 0.357. The van der Waals surface area contributed by atoms with Crippen LogP contribution in [0.1, 0.15) is 23.0 Å². The number of carbonyl (C=O) groups excluding carboxylic acids is 1. The molecule has 0 saturated heterocycles. The van der Waals surface area contributed by atoms with E-state index in [9.17, 15) is 4.79 Å². The van der Waals surface area contributed by atoms with E-state index in [0.29, 0.717) is 25.5 Å². The maximum atomic E-state index is 11.8. The van der Waals surface area contributed by atoms with Crippen molar-refractivity contribution in [2.24, 2.45) is 0 Å². The monoisotopic (exact) mass is 274 g/mol. The van der Waals surface area contributed by atoms with Gasteiger partial charge >= 0.3 is 0 Å². The highest BCUT2D eigenvalue weighted by Crippen LogP contribution is 2.08. The summed E-state index contributed by atoms with van der Waals surface area (Å²) in [4.78, 5) is 11.8. The third-order valence-corrected chi connectivity index (χ3v) is 2.76. The highest BCUT2D eigenvalue weighted by atomic mass is 16.5. The van der Waals surface area contributed by atoms with Gasteiger partial charge in [-0.3, -0.25) is 4.79 Å². The van der Waals surface area contributed by atoms with Gasteiger partial charge in [-0.1, -0.05) is 22.9 Å². The summed E-state index contributed by atoms with van der Waals surface area (Å²) in [5.74, 6) is -0.247. The molecule has 106 valence electrons. The first-order valence-electron chi connectivity index (χ1n) is 6.56. The number of ether oxygens (including phenoxy) is 1. The first-order chi connectivity index (χ1) is 9.70. The molecule has 0 aliphatic carbocycles. The van der Waals surface area contributed by atoms with E-state index in [2.05, 4.69) is 15.6 Å². The van der Waals surface area contributed by atoms with Gasteiger partial charge in [0.2, 0.25) is 0 Å². The van der Waals surface area contributed by atoms with Crippen LogP contribution in [0.15, 0.2) is 30.5 Å². The molecule has 20 heavy (non-hydrogen) atoms. The second kappa shape index (κ2) is 6.81. The normalized spacial score (nSPS) is 10.5. The summed E-state index contributed by atoms with van der Waals surface area (Å²) in [7, 11) is 0. The van der Waals surface area contributed by atoms with Crippen molar-refractivity contribution in [3.05, 3.63) is 41.7 Å². The molecule has 0 bridgehead atoms. The van der Waals surface area contributed by atoms with Crippen LogP contribution in [0.25, 0.3) is 5.69 Å². The fourth-order valence-electron chi connectivity index (χ4n) is 1.66. The molecule has 0 aliphatic rings. The average Bonchev–Trinajstić information content (AvgIpc) is 2.94. The molecule has 0 radical (unpaired) electrons. The van der Waals surface area contributed by atoms with Crippen molar-refractivity contribution in [2.75, 3.05) is 19.8 Å². The van der Waals surface area contributed by atoms with E-state index < -0.39 is 0 Å². The number of hydrogen-bond donors (Lipinski definition) is 1. The number of nitrogens with zero attached hydrogens (tertiary/aromatic N) is 3. The molecule has 1 amide bonds. The van der Waals surface area contributed by atoms with Crippen LogP contribution in [0.5, 0.6) is 0 Å². The summed E-state index contributed by atoms with van der Waals surface area (Å²) in [6.45, 7) is 5.52. The van der Waals surface area contributed by atoms with E-state index in [1.54, 1.807) is 10.9 Å². The van der Waals surface area contributed by atoms with Crippen LogP contribution in [0.4, 0.5) is 0 Å². The van der Waals surface area contributed by atoms with E-state index >= 15 is 0 Å². The molecule has 0 aliphatic heterocycles. The average molecular weight is 274 g/mol. The molecule has 0 fully saturated rings. The first kappa shape index (κ1) is 14.2. The molecular formula is C14H18N4O2. The Morgan fingerprint density at radius 2 is 2.10 bits per heavy atom. The topological polar surface area (TPSA) is 69.0 Å². The Labute approximate surface area is 117 Å². The number of aromatic nitrogens is 3. The largest absolute Gasteiger partial charge is 0.380 e. The summed E-state index contributed by atoms with van der Waals surface area (Å²) in [5.41, 5.74) is 2.33. The van der Waals surface area contributed by atoms with Crippen molar-refractivity contribution in [2.45, 2.75) is 13.8 Å². The van der Waals surface area contributed by atoms with Crippen molar-refractivity contribution >= 4 is 5.91 Å². The molecule has 1 heterocycles. The van der Waals surface area contributed by atoms with Gasteiger partial charge in [0.1, 0.15) is 0 Å². The molecule has 0 unspecified atom stereocenters. The van der Waals surface area contributed by atoms with E-state index in [4.69, 9.17) is 4.74 Å². The zero-order chi connectivity index (χ0) is 14.4. The van der Waals surface area contributed by atoms with Gasteiger partial charge in [-0.05, 0) is 26.0 Å². The zero-order valence-corrected chi connectivity index (χ0v) is 11.7. The molecule has 1 aromatic heterocycles. The summed E-state index contributed by atoms with van der Waals surface area (Å²) in [6, 6.07) is 7.83. The Kier molecular flexibility index (Phi) is 4.84. The lowest BCUT2D eigenvalue weighted by molar-refractivity contribution is 0.0917. The van der Waals surface area contributed by atoms with Gasteiger partial charge in [0, 0.05) is 13.2 Å². The van der Waals surface area contributed by atoms with E-state index in [1.165, 1.54) is 5.56 Å². The number of carbonyl (C=O) groups is 1. The van der Waals surface area contributed by atoms with Crippen LogP contribution >= 0.6 is 0 Å². The summed E-state index contributed by atoms with van der Waals surface area (Å²) < 4.78 is 6.73. The Balaban J connectivity index is 1.98. The molecule has 0 spiro atoms. The molecule has 0 atom stereocenters. The van der Waals surface area contributed by atoms with Crippen LogP contribution in [-0.4, -0.2) is 40.7 Å². The molecule has 2 rings (SSSR count). The van der Waals surface area contributed by atoms with Gasteiger partial charge in [-0.15, -0.1) is 5.10 Å². The lowest BCUT2D eigenvalue weighted by Crippen LogP contribution is -2.27. The second-order valence-corrected chi connectivity index (χ2v) is 4.34. The van der Waals surface area contributed by atoms with Crippen LogP contribution in [0.3, 0.4) is 0 Å². The first-order valence-corrected chi connectivity index (χ1v) is 6.56. The van der Waals surface area contributed by atoms with Crippen LogP contribution < -0.4 is 5.32 Å². The van der Waals surface area contributed by atoms with Crippen molar-refractivity contribution in [1.29, 1.82) is 0 Å². The van der Waals surface area contributed by atoms with Gasteiger partial charge in [0.25, 0.3) is 5.91 Å². The van der Waals surface area contributed by atoms with Crippen LogP contribution in [-0.2, 0) is 4.74 Å². The number of hydrogen-bond acceptors (Lipinski definition) is 4. The zero-order valence-electron chi connectivity index (χ0n) is 11.7. The van der Waals surface area contributed by atoms with Gasteiger partial charge in [0.15, 0.2) is 5.69 Å². The Bertz CT molecular complexity index is 563. The maximum Gasteiger partial charge on any atom is 0.273 e. The molecular weight excluding hydrogens is 256 g/mol. The number of rotatable bonds is 6. The number of amides is 1. The lowest BCUT2D eigenvalue weighted by Gasteiger charge is -2.02. The summed E-state index contributed by atoms with van der Waals surface area (Å²) in [6.07, 6.45) is 1.61. The summed E-state index contributed by atoms with van der Waals surface area (Å²) in [5, 5.41) is 10.6. The van der Waals surface area contributed by atoms with Crippen molar-refractivity contribution in [3.63, 3.8) is 0 Å². The molecule has 6 nitrogen and oxygen atoms in total. The van der Waals surface area contributed by atoms with E-state index in [0.717, 1.165) is 5.69 Å². The summed E-state index contributed by atoms with van der Waals surface area (Å²) >= 11 is 0. The van der Waals surface area contributed by atoms with Crippen molar-refractivity contribution in [1.82, 2.24) is 20.3 Å². The number of aryl methyl sites for hydroxylation is 1. The van der Waals surface area contributed by atoms with Gasteiger partial charge in [-0.25, -0.2) is 4.68 Å². The van der Waals surface area contributed by atoms with Crippen LogP contribution in [0.2, 0.25) is 0 Å². The van der Waals surface area contributed by atoms with Crippen molar-refractivity contribution < 1.29 is 9.53 Å². The van der Waals surface area contributed by atoms with E-state index in [1.807, 2.05) is 38.1 Å². The lowest BCUT2D eigenvalue weighted by atomic mass is 10.2. The minimum absolute atomic E-state index is 0.247. The quantitative estimate of drug-likeness (QED) is 0.807. The fourth-order valence-corrected chi connectivity index (χ4v) is 1.66. The Morgan fingerprint density at radius 1 is 1.35 bits per heavy atom. The molecule has 0 saturated carbocycles. The third-order valence-electron chi connectivity index (χ3n) is 2.76. The number of nitrogens with one attached hydrogen (secondary N) is 1. The Hall–Kier alpha value is -2.21. The molecule has 1 aromatic carbocycles. The second-order valence-electron chi connectivity index (χ2n) is 4.34. The smallest absolute Gasteiger partial charge is 0.273 e. The maximum absolute atomic E-state index is 11.8.